The molecule has 3 aliphatic carbocycles. The fraction of sp³-hybridized carbons (Fsp3) is 0.882. The minimum absolute atomic E-state index is 0.561. The maximum absolute atomic E-state index is 2.64. The van der Waals surface area contributed by atoms with Crippen molar-refractivity contribution in [1.29, 1.82) is 0 Å². The topological polar surface area (TPSA) is 0 Å². The van der Waals surface area contributed by atoms with Gasteiger partial charge in [-0.05, 0) is 67.6 Å². The van der Waals surface area contributed by atoms with Gasteiger partial charge in [0.25, 0.3) is 0 Å². The first-order valence-electron chi connectivity index (χ1n) is 7.74. The lowest BCUT2D eigenvalue weighted by Gasteiger charge is -2.57. The van der Waals surface area contributed by atoms with Crippen molar-refractivity contribution in [2.24, 2.45) is 22.7 Å². The maximum atomic E-state index is 2.64. The van der Waals surface area contributed by atoms with E-state index in [-0.39, 0.29) is 0 Å². The molecule has 0 aromatic heterocycles. The van der Waals surface area contributed by atoms with Gasteiger partial charge in [0.1, 0.15) is 0 Å². The van der Waals surface area contributed by atoms with Gasteiger partial charge in [0.2, 0.25) is 0 Å². The van der Waals surface area contributed by atoms with Crippen LogP contribution in [0.15, 0.2) is 11.6 Å². The molecule has 2 fully saturated rings. The smallest absolute Gasteiger partial charge is 0.00803 e. The second kappa shape index (κ2) is 3.87. The predicted octanol–water partition coefficient (Wildman–Crippen LogP) is 5.34. The van der Waals surface area contributed by atoms with Crippen molar-refractivity contribution in [3.8, 4) is 0 Å². The molecule has 17 heavy (non-hydrogen) atoms. The fourth-order valence-electron chi connectivity index (χ4n) is 5.49. The molecule has 3 aliphatic rings. The standard InChI is InChI=1S/C17H28/c1-16(2)11-6-12-17(3)14-8-5-4-7-13(14)9-10-15(16)17/h8,13,15H,4-7,9-12H2,1-3H3. The number of fused-ring (bicyclic) bond motifs is 3. The van der Waals surface area contributed by atoms with Crippen LogP contribution in [0.25, 0.3) is 0 Å². The summed E-state index contributed by atoms with van der Waals surface area (Å²) in [7, 11) is 0. The molecule has 0 radical (unpaired) electrons. The van der Waals surface area contributed by atoms with Crippen molar-refractivity contribution in [3.05, 3.63) is 11.6 Å². The van der Waals surface area contributed by atoms with E-state index < -0.39 is 0 Å². The highest BCUT2D eigenvalue weighted by molar-refractivity contribution is 5.25. The Kier molecular flexibility index (Phi) is 2.69. The van der Waals surface area contributed by atoms with Gasteiger partial charge in [0, 0.05) is 0 Å². The zero-order chi connectivity index (χ0) is 12.1. The average Bonchev–Trinajstić information content (AvgIpc) is 2.28. The summed E-state index contributed by atoms with van der Waals surface area (Å²) >= 11 is 0. The van der Waals surface area contributed by atoms with E-state index in [2.05, 4.69) is 26.8 Å². The van der Waals surface area contributed by atoms with E-state index in [9.17, 15) is 0 Å². The van der Waals surface area contributed by atoms with Gasteiger partial charge in [-0.1, -0.05) is 38.8 Å². The lowest BCUT2D eigenvalue weighted by molar-refractivity contribution is -0.0110. The highest BCUT2D eigenvalue weighted by Gasteiger charge is 2.51. The largest absolute Gasteiger partial charge is 0.0845 e. The predicted molar refractivity (Wildman–Crippen MR) is 73.9 cm³/mol. The third-order valence-corrected chi connectivity index (χ3v) is 6.25. The molecule has 0 aromatic rings. The molecule has 0 nitrogen and oxygen atoms in total. The molecule has 0 bridgehead atoms. The molecule has 3 unspecified atom stereocenters. The van der Waals surface area contributed by atoms with Gasteiger partial charge < -0.3 is 0 Å². The Morgan fingerprint density at radius 1 is 1.00 bits per heavy atom. The molecule has 96 valence electrons. The summed E-state index contributed by atoms with van der Waals surface area (Å²) in [5.74, 6) is 1.91. The molecule has 0 heterocycles. The molecule has 0 spiro atoms. The van der Waals surface area contributed by atoms with E-state index in [0.29, 0.717) is 10.8 Å². The van der Waals surface area contributed by atoms with E-state index >= 15 is 0 Å². The van der Waals surface area contributed by atoms with Crippen molar-refractivity contribution >= 4 is 0 Å². The van der Waals surface area contributed by atoms with Gasteiger partial charge in [-0.25, -0.2) is 0 Å². The number of hydrogen-bond donors (Lipinski definition) is 0. The van der Waals surface area contributed by atoms with Gasteiger partial charge in [-0.15, -0.1) is 0 Å². The van der Waals surface area contributed by atoms with Crippen molar-refractivity contribution in [1.82, 2.24) is 0 Å². The fourth-order valence-corrected chi connectivity index (χ4v) is 5.49. The number of allylic oxidation sites excluding steroid dienone is 2. The normalized spacial score (nSPS) is 44.5. The van der Waals surface area contributed by atoms with Crippen molar-refractivity contribution in [2.75, 3.05) is 0 Å². The summed E-state index contributed by atoms with van der Waals surface area (Å²) in [4.78, 5) is 0. The van der Waals surface area contributed by atoms with Crippen molar-refractivity contribution in [3.63, 3.8) is 0 Å². The Morgan fingerprint density at radius 2 is 1.82 bits per heavy atom. The zero-order valence-electron chi connectivity index (χ0n) is 11.9. The second-order valence-corrected chi connectivity index (χ2v) is 7.68. The summed E-state index contributed by atoms with van der Waals surface area (Å²) in [6.07, 6.45) is 14.3. The molecular weight excluding hydrogens is 204 g/mol. The maximum Gasteiger partial charge on any atom is -0.00803 e. The molecule has 0 N–H and O–H groups in total. The summed E-state index contributed by atoms with van der Waals surface area (Å²) in [6, 6.07) is 0. The van der Waals surface area contributed by atoms with Crippen LogP contribution < -0.4 is 0 Å². The molecule has 0 aliphatic heterocycles. The van der Waals surface area contributed by atoms with E-state index in [0.717, 1.165) is 11.8 Å². The second-order valence-electron chi connectivity index (χ2n) is 7.68. The van der Waals surface area contributed by atoms with Gasteiger partial charge >= 0.3 is 0 Å². The Bertz CT molecular complexity index is 336. The minimum atomic E-state index is 0.561. The lowest BCUT2D eigenvalue weighted by Crippen LogP contribution is -2.48. The monoisotopic (exact) mass is 232 g/mol. The lowest BCUT2D eigenvalue weighted by atomic mass is 9.47. The van der Waals surface area contributed by atoms with Crippen LogP contribution in [0, 0.1) is 22.7 Å². The first-order valence-corrected chi connectivity index (χ1v) is 7.74. The molecular formula is C17H28. The Morgan fingerprint density at radius 3 is 2.65 bits per heavy atom. The number of rotatable bonds is 0. The molecule has 0 aromatic carbocycles. The summed E-state index contributed by atoms with van der Waals surface area (Å²) in [5, 5.41) is 0. The van der Waals surface area contributed by atoms with E-state index in [1.807, 2.05) is 5.57 Å². The minimum Gasteiger partial charge on any atom is -0.0845 e. The molecule has 0 heteroatoms. The van der Waals surface area contributed by atoms with E-state index in [1.54, 1.807) is 0 Å². The van der Waals surface area contributed by atoms with E-state index in [4.69, 9.17) is 0 Å². The van der Waals surface area contributed by atoms with Crippen molar-refractivity contribution in [2.45, 2.75) is 72.1 Å². The van der Waals surface area contributed by atoms with Crippen LogP contribution in [0.1, 0.15) is 72.1 Å². The van der Waals surface area contributed by atoms with Gasteiger partial charge in [0.05, 0.1) is 0 Å². The van der Waals surface area contributed by atoms with Crippen LogP contribution in [0.2, 0.25) is 0 Å². The molecule has 0 amide bonds. The highest BCUT2D eigenvalue weighted by atomic mass is 14.6. The van der Waals surface area contributed by atoms with Crippen LogP contribution in [0.4, 0.5) is 0 Å². The van der Waals surface area contributed by atoms with Gasteiger partial charge in [-0.3, -0.25) is 0 Å². The SMILES string of the molecule is CC1(C)CCCC2(C)C3=CCCCC3CCC12. The Labute approximate surface area is 107 Å². The summed E-state index contributed by atoms with van der Waals surface area (Å²) in [6.45, 7) is 7.65. The average molecular weight is 232 g/mol. The van der Waals surface area contributed by atoms with Gasteiger partial charge in [-0.2, -0.15) is 0 Å². The molecule has 3 rings (SSSR count). The molecule has 3 atom stereocenters. The summed E-state index contributed by atoms with van der Waals surface area (Å²) in [5.41, 5.74) is 3.02. The molecule has 0 saturated heterocycles. The Balaban J connectivity index is 1.99. The van der Waals surface area contributed by atoms with Crippen LogP contribution in [0.5, 0.6) is 0 Å². The third-order valence-electron chi connectivity index (χ3n) is 6.25. The third kappa shape index (κ3) is 1.71. The quantitative estimate of drug-likeness (QED) is 0.495. The first kappa shape index (κ1) is 11.8. The van der Waals surface area contributed by atoms with Crippen LogP contribution >= 0.6 is 0 Å². The van der Waals surface area contributed by atoms with Crippen LogP contribution in [-0.2, 0) is 0 Å². The first-order chi connectivity index (χ1) is 8.04. The summed E-state index contributed by atoms with van der Waals surface area (Å²) < 4.78 is 0. The van der Waals surface area contributed by atoms with Crippen LogP contribution in [0.3, 0.4) is 0 Å². The number of hydrogen-bond acceptors (Lipinski definition) is 0. The zero-order valence-corrected chi connectivity index (χ0v) is 11.9. The van der Waals surface area contributed by atoms with Crippen molar-refractivity contribution < 1.29 is 0 Å². The highest BCUT2D eigenvalue weighted by Crippen LogP contribution is 2.62. The van der Waals surface area contributed by atoms with Crippen LogP contribution in [-0.4, -0.2) is 0 Å². The van der Waals surface area contributed by atoms with E-state index in [1.165, 1.54) is 51.4 Å². The van der Waals surface area contributed by atoms with Gasteiger partial charge in [0.15, 0.2) is 0 Å². The Hall–Kier alpha value is -0.260. The molecule has 2 saturated carbocycles.